The SMILES string of the molecule is C=CC(=O)OCC(CC(F)(F)C(F)(F)CC(COC(=O)C=C)OC(=O)C=C)OC(=O)C=C. The highest BCUT2D eigenvalue weighted by molar-refractivity contribution is 5.82. The number of carbonyl (C=O) groups excluding carboxylic acids is 4. The van der Waals surface area contributed by atoms with E-state index < -0.39 is 74.0 Å². The molecule has 0 rings (SSSR count). The van der Waals surface area contributed by atoms with Crippen LogP contribution in [0.1, 0.15) is 12.8 Å². The van der Waals surface area contributed by atoms with Crippen molar-refractivity contribution < 1.29 is 55.7 Å². The van der Waals surface area contributed by atoms with Crippen molar-refractivity contribution in [2.45, 2.75) is 36.9 Å². The lowest BCUT2D eigenvalue weighted by atomic mass is 9.99. The van der Waals surface area contributed by atoms with E-state index in [1.165, 1.54) is 0 Å². The van der Waals surface area contributed by atoms with Gasteiger partial charge in [-0.25, -0.2) is 19.2 Å². The van der Waals surface area contributed by atoms with Gasteiger partial charge in [-0.1, -0.05) is 26.3 Å². The second kappa shape index (κ2) is 13.1. The Balaban J connectivity index is 5.54. The summed E-state index contributed by atoms with van der Waals surface area (Å²) in [6.07, 6.45) is -4.92. The lowest BCUT2D eigenvalue weighted by molar-refractivity contribution is -0.239. The number of hydrogen-bond acceptors (Lipinski definition) is 8. The summed E-state index contributed by atoms with van der Waals surface area (Å²) in [6.45, 7) is 10.3. The van der Waals surface area contributed by atoms with Crippen molar-refractivity contribution in [1.29, 1.82) is 0 Å². The van der Waals surface area contributed by atoms with Crippen LogP contribution in [-0.4, -0.2) is 61.1 Å². The minimum atomic E-state index is -4.85. The largest absolute Gasteiger partial charge is 0.459 e. The van der Waals surface area contributed by atoms with Crippen LogP contribution in [0.2, 0.25) is 0 Å². The van der Waals surface area contributed by atoms with Crippen LogP contribution in [0.3, 0.4) is 0 Å². The lowest BCUT2D eigenvalue weighted by Gasteiger charge is -2.31. The number of alkyl halides is 4. The first-order valence-electron chi connectivity index (χ1n) is 8.82. The van der Waals surface area contributed by atoms with Crippen molar-refractivity contribution >= 4 is 23.9 Å². The van der Waals surface area contributed by atoms with Gasteiger partial charge in [0.25, 0.3) is 0 Å². The minimum absolute atomic E-state index is 0.595. The van der Waals surface area contributed by atoms with Gasteiger partial charge < -0.3 is 18.9 Å². The van der Waals surface area contributed by atoms with Gasteiger partial charge in [-0.2, -0.15) is 17.6 Å². The summed E-state index contributed by atoms with van der Waals surface area (Å²) in [6, 6.07) is 0. The van der Waals surface area contributed by atoms with Gasteiger partial charge in [0.1, 0.15) is 25.4 Å². The highest BCUT2D eigenvalue weighted by Gasteiger charge is 2.58. The van der Waals surface area contributed by atoms with Gasteiger partial charge in [0.15, 0.2) is 0 Å². The minimum Gasteiger partial charge on any atom is -0.459 e. The van der Waals surface area contributed by atoms with E-state index in [1.807, 2.05) is 0 Å². The fourth-order valence-electron chi connectivity index (χ4n) is 2.03. The van der Waals surface area contributed by atoms with Crippen LogP contribution in [0.4, 0.5) is 17.6 Å². The zero-order valence-corrected chi connectivity index (χ0v) is 16.9. The molecule has 8 nitrogen and oxygen atoms in total. The summed E-state index contributed by atoms with van der Waals surface area (Å²) in [7, 11) is 0. The summed E-state index contributed by atoms with van der Waals surface area (Å²) in [5.41, 5.74) is 0. The summed E-state index contributed by atoms with van der Waals surface area (Å²) in [5.74, 6) is -14.3. The fourth-order valence-corrected chi connectivity index (χ4v) is 2.03. The molecule has 178 valence electrons. The first-order valence-corrected chi connectivity index (χ1v) is 8.82. The highest BCUT2D eigenvalue weighted by Crippen LogP contribution is 2.42. The van der Waals surface area contributed by atoms with Crippen molar-refractivity contribution in [3.63, 3.8) is 0 Å². The molecule has 2 unspecified atom stereocenters. The van der Waals surface area contributed by atoms with Crippen LogP contribution < -0.4 is 0 Å². The normalized spacial score (nSPS) is 13.0. The molecule has 0 heterocycles. The Kier molecular flexibility index (Phi) is 11.7. The number of rotatable bonds is 15. The quantitative estimate of drug-likeness (QED) is 0.157. The van der Waals surface area contributed by atoms with Crippen molar-refractivity contribution in [2.24, 2.45) is 0 Å². The van der Waals surface area contributed by atoms with E-state index in [1.54, 1.807) is 0 Å². The molecule has 0 radical (unpaired) electrons. The molecular formula is C20H22F4O8. The number of hydrogen-bond donors (Lipinski definition) is 0. The van der Waals surface area contributed by atoms with E-state index >= 15 is 0 Å². The molecule has 0 aliphatic heterocycles. The summed E-state index contributed by atoms with van der Waals surface area (Å²) < 4.78 is 75.8. The monoisotopic (exact) mass is 466 g/mol. The third kappa shape index (κ3) is 10.0. The van der Waals surface area contributed by atoms with E-state index in [-0.39, 0.29) is 0 Å². The summed E-state index contributed by atoms with van der Waals surface area (Å²) in [5, 5.41) is 0. The van der Waals surface area contributed by atoms with Gasteiger partial charge >= 0.3 is 35.7 Å². The van der Waals surface area contributed by atoms with Gasteiger partial charge in [-0.15, -0.1) is 0 Å². The second-order valence-corrected chi connectivity index (χ2v) is 6.01. The predicted octanol–water partition coefficient (Wildman–Crippen LogP) is 2.69. The third-order valence-electron chi connectivity index (χ3n) is 3.56. The van der Waals surface area contributed by atoms with E-state index in [2.05, 4.69) is 45.3 Å². The Morgan fingerprint density at radius 3 is 1.16 bits per heavy atom. The fraction of sp³-hybridized carbons (Fsp3) is 0.400. The average Bonchev–Trinajstić information content (AvgIpc) is 2.74. The Morgan fingerprint density at radius 1 is 0.625 bits per heavy atom. The number of halogens is 4. The van der Waals surface area contributed by atoms with Gasteiger partial charge in [-0.3, -0.25) is 0 Å². The van der Waals surface area contributed by atoms with Crippen molar-refractivity contribution in [2.75, 3.05) is 13.2 Å². The average molecular weight is 466 g/mol. The zero-order valence-electron chi connectivity index (χ0n) is 16.9. The van der Waals surface area contributed by atoms with Crippen molar-refractivity contribution in [3.05, 3.63) is 50.6 Å². The molecule has 0 aromatic carbocycles. The number of carbonyl (C=O) groups is 4. The molecule has 0 bridgehead atoms. The molecule has 0 fully saturated rings. The van der Waals surface area contributed by atoms with E-state index in [4.69, 9.17) is 0 Å². The van der Waals surface area contributed by atoms with Crippen molar-refractivity contribution in [1.82, 2.24) is 0 Å². The van der Waals surface area contributed by atoms with Gasteiger partial charge in [-0.05, 0) is 0 Å². The first-order chi connectivity index (χ1) is 14.8. The lowest BCUT2D eigenvalue weighted by Crippen LogP contribution is -2.47. The third-order valence-corrected chi connectivity index (χ3v) is 3.56. The van der Waals surface area contributed by atoms with Gasteiger partial charge in [0.2, 0.25) is 0 Å². The molecule has 0 aliphatic rings. The summed E-state index contributed by atoms with van der Waals surface area (Å²) in [4.78, 5) is 44.9. The summed E-state index contributed by atoms with van der Waals surface area (Å²) >= 11 is 0. The van der Waals surface area contributed by atoms with Crippen LogP contribution in [0.15, 0.2) is 50.6 Å². The van der Waals surface area contributed by atoms with Crippen molar-refractivity contribution in [3.8, 4) is 0 Å². The van der Waals surface area contributed by atoms with Crippen LogP contribution in [0, 0.1) is 0 Å². The molecule has 0 aromatic heterocycles. The van der Waals surface area contributed by atoms with Crippen LogP contribution in [0.25, 0.3) is 0 Å². The molecule has 0 N–H and O–H groups in total. The maximum Gasteiger partial charge on any atom is 0.330 e. The van der Waals surface area contributed by atoms with Gasteiger partial charge in [0.05, 0.1) is 12.8 Å². The maximum atomic E-state index is 14.4. The van der Waals surface area contributed by atoms with E-state index in [0.29, 0.717) is 24.3 Å². The van der Waals surface area contributed by atoms with Crippen LogP contribution in [0.5, 0.6) is 0 Å². The second-order valence-electron chi connectivity index (χ2n) is 6.01. The Bertz CT molecular complexity index is 686. The molecule has 2 atom stereocenters. The van der Waals surface area contributed by atoms with Crippen LogP contribution in [-0.2, 0) is 38.1 Å². The Morgan fingerprint density at radius 2 is 0.906 bits per heavy atom. The Hall–Kier alpha value is -3.44. The molecule has 0 saturated carbocycles. The Labute approximate surface area is 181 Å². The molecule has 0 aliphatic carbocycles. The topological polar surface area (TPSA) is 105 Å². The molecular weight excluding hydrogens is 444 g/mol. The smallest absolute Gasteiger partial charge is 0.330 e. The zero-order chi connectivity index (χ0) is 24.9. The molecule has 0 aromatic rings. The molecule has 0 spiro atoms. The molecule has 0 amide bonds. The van der Waals surface area contributed by atoms with E-state index in [0.717, 1.165) is 0 Å². The molecule has 32 heavy (non-hydrogen) atoms. The standard InChI is InChI=1S/C20H22F4O8/c1-5-15(25)29-11-13(31-17(27)7-3)9-19(21,22)20(23,24)10-14(32-18(28)8-4)12-30-16(26)6-2/h5-8,13-14H,1-4,9-12H2. The molecule has 12 heteroatoms. The first kappa shape index (κ1) is 28.6. The number of ether oxygens (including phenoxy) is 4. The molecule has 0 saturated heterocycles. The number of esters is 4. The predicted molar refractivity (Wildman–Crippen MR) is 102 cm³/mol. The van der Waals surface area contributed by atoms with Crippen LogP contribution >= 0.6 is 0 Å². The highest BCUT2D eigenvalue weighted by atomic mass is 19.3. The van der Waals surface area contributed by atoms with E-state index in [9.17, 15) is 36.7 Å². The van der Waals surface area contributed by atoms with Gasteiger partial charge in [0, 0.05) is 24.3 Å². The maximum absolute atomic E-state index is 14.4.